The van der Waals surface area contributed by atoms with Crippen molar-refractivity contribution >= 4 is 17.5 Å². The molecule has 0 bridgehead atoms. The number of rotatable bonds is 8. The number of hydrogen-bond donors (Lipinski definition) is 3. The molecule has 224 valence electrons. The number of hydrogen-bond acceptors (Lipinski definition) is 6. The van der Waals surface area contributed by atoms with Crippen LogP contribution < -0.4 is 15.4 Å². The molecule has 2 amide bonds. The van der Waals surface area contributed by atoms with Crippen LogP contribution in [-0.2, 0) is 17.5 Å². The number of amides is 2. The van der Waals surface area contributed by atoms with Gasteiger partial charge in [0.15, 0.2) is 5.75 Å². The minimum Gasteiger partial charge on any atom is -0.486 e. The van der Waals surface area contributed by atoms with Crippen molar-refractivity contribution in [2.45, 2.75) is 51.6 Å². The molecule has 0 saturated carbocycles. The lowest BCUT2D eigenvalue weighted by Crippen LogP contribution is -2.49. The number of alkyl halides is 3. The van der Waals surface area contributed by atoms with Gasteiger partial charge in [-0.1, -0.05) is 25.1 Å². The number of likely N-dealkylation sites (N-methyl/N-ethyl adjacent to an activating group) is 1. The van der Waals surface area contributed by atoms with Crippen molar-refractivity contribution in [3.8, 4) is 5.75 Å². The van der Waals surface area contributed by atoms with Crippen molar-refractivity contribution in [2.24, 2.45) is 11.8 Å². The van der Waals surface area contributed by atoms with Gasteiger partial charge in [0, 0.05) is 31.5 Å². The average molecular weight is 577 g/mol. The molecule has 8 nitrogen and oxygen atoms in total. The summed E-state index contributed by atoms with van der Waals surface area (Å²) in [5.74, 6) is -0.434. The van der Waals surface area contributed by atoms with Crippen LogP contribution in [0.1, 0.15) is 48.2 Å². The van der Waals surface area contributed by atoms with Gasteiger partial charge in [0.2, 0.25) is 5.91 Å². The standard InChI is InChI=1S/C30H39F3N4O4/c1-19-15-37(20(2)18-38)29(40)24-5-4-6-25(35-28(39)22-11-13-34-14-12-22)27(24)41-26(19)17-36(3)16-21-7-9-23(10-8-21)30(31,32)33/h4-10,19-20,22,26,34,38H,11-18H2,1-3H3,(H,35,39)/t19-,20-,26+/m1/s1. The number of ether oxygens (including phenoxy) is 1. The zero-order valence-electron chi connectivity index (χ0n) is 23.7. The maximum Gasteiger partial charge on any atom is 0.416 e. The van der Waals surface area contributed by atoms with E-state index >= 15 is 0 Å². The van der Waals surface area contributed by atoms with Crippen LogP contribution in [-0.4, -0.2) is 78.7 Å². The van der Waals surface area contributed by atoms with Gasteiger partial charge < -0.3 is 25.4 Å². The minimum absolute atomic E-state index is 0.123. The van der Waals surface area contributed by atoms with E-state index in [0.717, 1.165) is 43.6 Å². The molecule has 0 radical (unpaired) electrons. The Morgan fingerprint density at radius 1 is 1.20 bits per heavy atom. The quantitative estimate of drug-likeness (QED) is 0.440. The Kier molecular flexibility index (Phi) is 9.93. The number of piperidine rings is 1. The lowest BCUT2D eigenvalue weighted by molar-refractivity contribution is -0.137. The van der Waals surface area contributed by atoms with Crippen molar-refractivity contribution in [1.29, 1.82) is 0 Å². The van der Waals surface area contributed by atoms with Crippen molar-refractivity contribution < 1.29 is 32.6 Å². The molecule has 2 aliphatic heterocycles. The first-order chi connectivity index (χ1) is 19.5. The molecule has 1 saturated heterocycles. The second-order valence-corrected chi connectivity index (χ2v) is 11.2. The molecule has 3 atom stereocenters. The molecular formula is C30H39F3N4O4. The molecular weight excluding hydrogens is 537 g/mol. The Hall–Kier alpha value is -3.15. The summed E-state index contributed by atoms with van der Waals surface area (Å²) in [4.78, 5) is 30.4. The molecule has 0 aromatic heterocycles. The van der Waals surface area contributed by atoms with Crippen LogP contribution in [0.4, 0.5) is 18.9 Å². The smallest absolute Gasteiger partial charge is 0.416 e. The summed E-state index contributed by atoms with van der Waals surface area (Å²) >= 11 is 0. The first kappa shape index (κ1) is 30.8. The molecule has 11 heteroatoms. The second-order valence-electron chi connectivity index (χ2n) is 11.2. The zero-order valence-corrected chi connectivity index (χ0v) is 23.7. The van der Waals surface area contributed by atoms with Crippen LogP contribution >= 0.6 is 0 Å². The lowest BCUT2D eigenvalue weighted by Gasteiger charge is -2.38. The fourth-order valence-corrected chi connectivity index (χ4v) is 5.36. The van der Waals surface area contributed by atoms with Crippen LogP contribution in [0.15, 0.2) is 42.5 Å². The van der Waals surface area contributed by atoms with Crippen molar-refractivity contribution in [2.75, 3.05) is 45.2 Å². The van der Waals surface area contributed by atoms with Crippen LogP contribution in [0.5, 0.6) is 5.75 Å². The first-order valence-electron chi connectivity index (χ1n) is 14.1. The number of benzene rings is 2. The van der Waals surface area contributed by atoms with Crippen LogP contribution in [0.2, 0.25) is 0 Å². The summed E-state index contributed by atoms with van der Waals surface area (Å²) in [6, 6.07) is 9.74. The maximum atomic E-state index is 13.7. The summed E-state index contributed by atoms with van der Waals surface area (Å²) in [6.45, 7) is 6.19. The van der Waals surface area contributed by atoms with Gasteiger partial charge in [0.05, 0.1) is 29.5 Å². The van der Waals surface area contributed by atoms with Gasteiger partial charge in [0.25, 0.3) is 5.91 Å². The predicted octanol–water partition coefficient (Wildman–Crippen LogP) is 4.00. The summed E-state index contributed by atoms with van der Waals surface area (Å²) in [6.07, 6.45) is -3.38. The van der Waals surface area contributed by atoms with E-state index in [9.17, 15) is 27.9 Å². The Morgan fingerprint density at radius 2 is 1.88 bits per heavy atom. The Bertz CT molecular complexity index is 1200. The topological polar surface area (TPSA) is 94.1 Å². The lowest BCUT2D eigenvalue weighted by atomic mass is 9.96. The molecule has 0 spiro atoms. The average Bonchev–Trinajstić information content (AvgIpc) is 2.95. The van der Waals surface area contributed by atoms with E-state index in [1.54, 1.807) is 30.0 Å². The van der Waals surface area contributed by atoms with Crippen LogP contribution in [0.3, 0.4) is 0 Å². The van der Waals surface area contributed by atoms with Gasteiger partial charge in [-0.05, 0) is 69.7 Å². The van der Waals surface area contributed by atoms with Crippen molar-refractivity contribution in [3.63, 3.8) is 0 Å². The molecule has 3 N–H and O–H groups in total. The molecule has 2 aromatic rings. The number of fused-ring (bicyclic) bond motifs is 1. The number of para-hydroxylation sites is 1. The number of aliphatic hydroxyl groups is 1. The normalized spacial score (nSPS) is 21.1. The third kappa shape index (κ3) is 7.58. The number of carbonyl (C=O) groups excluding carboxylic acids is 2. The number of carbonyl (C=O) groups is 2. The van der Waals surface area contributed by atoms with E-state index in [1.165, 1.54) is 12.1 Å². The molecule has 2 aromatic carbocycles. The summed E-state index contributed by atoms with van der Waals surface area (Å²) in [5.41, 5.74) is 0.746. The SMILES string of the molecule is C[C@@H]1CN([C@H](C)CO)C(=O)c2cccc(NC(=O)C3CCNCC3)c2O[C@H]1CN(C)Cc1ccc(C(F)(F)F)cc1. The summed E-state index contributed by atoms with van der Waals surface area (Å²) in [7, 11) is 1.86. The van der Waals surface area contributed by atoms with E-state index in [-0.39, 0.29) is 36.0 Å². The van der Waals surface area contributed by atoms with E-state index in [0.29, 0.717) is 30.9 Å². The number of nitrogens with one attached hydrogen (secondary N) is 2. The monoisotopic (exact) mass is 576 g/mol. The van der Waals surface area contributed by atoms with E-state index in [1.807, 2.05) is 18.9 Å². The molecule has 2 aliphatic rings. The van der Waals surface area contributed by atoms with Gasteiger partial charge in [0.1, 0.15) is 6.10 Å². The van der Waals surface area contributed by atoms with Gasteiger partial charge in [-0.3, -0.25) is 14.5 Å². The van der Waals surface area contributed by atoms with E-state index in [2.05, 4.69) is 10.6 Å². The number of halogens is 3. The molecule has 0 aliphatic carbocycles. The molecule has 0 unspecified atom stereocenters. The van der Waals surface area contributed by atoms with Crippen molar-refractivity contribution in [3.05, 3.63) is 59.2 Å². The predicted molar refractivity (Wildman–Crippen MR) is 150 cm³/mol. The minimum atomic E-state index is -4.39. The highest BCUT2D eigenvalue weighted by Gasteiger charge is 2.35. The second kappa shape index (κ2) is 13.2. The van der Waals surface area contributed by atoms with E-state index < -0.39 is 23.9 Å². The maximum absolute atomic E-state index is 13.7. The highest BCUT2D eigenvalue weighted by molar-refractivity contribution is 6.02. The fraction of sp³-hybridized carbons (Fsp3) is 0.533. The number of anilines is 1. The van der Waals surface area contributed by atoms with Gasteiger partial charge in [-0.15, -0.1) is 0 Å². The highest BCUT2D eigenvalue weighted by atomic mass is 19.4. The molecule has 2 heterocycles. The Labute approximate surface area is 238 Å². The Balaban J connectivity index is 1.60. The summed E-state index contributed by atoms with van der Waals surface area (Å²) < 4.78 is 45.5. The van der Waals surface area contributed by atoms with Gasteiger partial charge in [-0.2, -0.15) is 13.2 Å². The molecule has 41 heavy (non-hydrogen) atoms. The summed E-state index contributed by atoms with van der Waals surface area (Å²) in [5, 5.41) is 16.1. The zero-order chi connectivity index (χ0) is 29.7. The number of aliphatic hydroxyl groups excluding tert-OH is 1. The third-order valence-corrected chi connectivity index (χ3v) is 7.88. The van der Waals surface area contributed by atoms with Gasteiger partial charge in [-0.25, -0.2) is 0 Å². The molecule has 1 fully saturated rings. The molecule has 4 rings (SSSR count). The highest BCUT2D eigenvalue weighted by Crippen LogP contribution is 2.36. The first-order valence-corrected chi connectivity index (χ1v) is 14.1. The fourth-order valence-electron chi connectivity index (χ4n) is 5.36. The third-order valence-electron chi connectivity index (χ3n) is 7.88. The van der Waals surface area contributed by atoms with E-state index in [4.69, 9.17) is 4.74 Å². The van der Waals surface area contributed by atoms with Crippen LogP contribution in [0, 0.1) is 11.8 Å². The number of nitrogens with zero attached hydrogens (tertiary/aromatic N) is 2. The van der Waals surface area contributed by atoms with Crippen molar-refractivity contribution in [1.82, 2.24) is 15.1 Å². The Morgan fingerprint density at radius 3 is 2.51 bits per heavy atom. The van der Waals surface area contributed by atoms with Crippen LogP contribution in [0.25, 0.3) is 0 Å². The van der Waals surface area contributed by atoms with Gasteiger partial charge >= 0.3 is 6.18 Å². The largest absolute Gasteiger partial charge is 0.486 e.